The second kappa shape index (κ2) is 2.93. The molecule has 1 unspecified atom stereocenters. The molecule has 2 rings (SSSR count). The summed E-state index contributed by atoms with van der Waals surface area (Å²) in [6.45, 7) is 2.20. The van der Waals surface area contributed by atoms with Crippen LogP contribution in [0.25, 0.3) is 0 Å². The van der Waals surface area contributed by atoms with Crippen LogP contribution in [0.1, 0.15) is 25.3 Å². The molecule has 70 valence electrons. The fraction of sp³-hybridized carbons (Fsp3) is 0.400. The van der Waals surface area contributed by atoms with Crippen molar-refractivity contribution >= 4 is 11.1 Å². The summed E-state index contributed by atoms with van der Waals surface area (Å²) in [7, 11) is 0. The van der Waals surface area contributed by atoms with E-state index in [0.29, 0.717) is 10.3 Å². The molecule has 3 heteroatoms. The van der Waals surface area contributed by atoms with Crippen LogP contribution in [0.5, 0.6) is 0 Å². The maximum Gasteiger partial charge on any atom is 0.0248 e. The molecule has 0 radical (unpaired) electrons. The van der Waals surface area contributed by atoms with Gasteiger partial charge in [0.1, 0.15) is 0 Å². The molecule has 1 aliphatic carbocycles. The van der Waals surface area contributed by atoms with Gasteiger partial charge in [-0.2, -0.15) is 0 Å². The van der Waals surface area contributed by atoms with Crippen LogP contribution in [0.15, 0.2) is 29.2 Å². The van der Waals surface area contributed by atoms with Gasteiger partial charge in [0.25, 0.3) is 0 Å². The Morgan fingerprint density at radius 2 is 1.85 bits per heavy atom. The zero-order valence-corrected chi connectivity index (χ0v) is 8.26. The molecule has 1 aromatic rings. The predicted octanol–water partition coefficient (Wildman–Crippen LogP) is 1.98. The van der Waals surface area contributed by atoms with Gasteiger partial charge in [-0.3, -0.25) is 4.21 Å². The molecule has 0 bridgehead atoms. The van der Waals surface area contributed by atoms with Crippen molar-refractivity contribution in [3.8, 4) is 0 Å². The van der Waals surface area contributed by atoms with E-state index in [1.165, 1.54) is 18.4 Å². The fourth-order valence-electron chi connectivity index (χ4n) is 1.44. The highest BCUT2D eigenvalue weighted by atomic mass is 32.2. The lowest BCUT2D eigenvalue weighted by Crippen LogP contribution is -1.99. The van der Waals surface area contributed by atoms with E-state index in [1.807, 2.05) is 12.1 Å². The van der Waals surface area contributed by atoms with Crippen LogP contribution in [0, 0.1) is 0 Å². The maximum atomic E-state index is 10.6. The molecule has 1 aromatic carbocycles. The minimum Gasteiger partial charge on any atom is -0.768 e. The van der Waals surface area contributed by atoms with Crippen molar-refractivity contribution in [3.63, 3.8) is 0 Å². The lowest BCUT2D eigenvalue weighted by Gasteiger charge is -2.10. The van der Waals surface area contributed by atoms with Crippen LogP contribution in [0.3, 0.4) is 0 Å². The first-order chi connectivity index (χ1) is 6.12. The van der Waals surface area contributed by atoms with Crippen molar-refractivity contribution in [2.24, 2.45) is 0 Å². The maximum absolute atomic E-state index is 10.6. The molecule has 1 atom stereocenters. The van der Waals surface area contributed by atoms with Crippen molar-refractivity contribution < 1.29 is 8.76 Å². The molecule has 0 saturated heterocycles. The number of rotatable bonds is 2. The Kier molecular flexibility index (Phi) is 2.00. The standard InChI is InChI=1S/C10H12O2S/c1-10(6-7-10)8-2-4-9(5-3-8)13(11)12/h2-5H,6-7H2,1H3,(H,11,12)/p-1. The first kappa shape index (κ1) is 8.91. The topological polar surface area (TPSA) is 40.1 Å². The van der Waals surface area contributed by atoms with Gasteiger partial charge in [-0.25, -0.2) is 0 Å². The van der Waals surface area contributed by atoms with Crippen molar-refractivity contribution in [1.29, 1.82) is 0 Å². The number of hydrogen-bond acceptors (Lipinski definition) is 2. The van der Waals surface area contributed by atoms with Crippen LogP contribution >= 0.6 is 0 Å². The lowest BCUT2D eigenvalue weighted by molar-refractivity contribution is 0.537. The van der Waals surface area contributed by atoms with Crippen molar-refractivity contribution in [3.05, 3.63) is 29.8 Å². The second-order valence-corrected chi connectivity index (χ2v) is 4.76. The van der Waals surface area contributed by atoms with Gasteiger partial charge in [0.2, 0.25) is 0 Å². The van der Waals surface area contributed by atoms with Crippen LogP contribution in [-0.2, 0) is 16.5 Å². The predicted molar refractivity (Wildman–Crippen MR) is 50.2 cm³/mol. The van der Waals surface area contributed by atoms with E-state index in [1.54, 1.807) is 12.1 Å². The molecular weight excluding hydrogens is 184 g/mol. The minimum absolute atomic E-state index is 0.322. The van der Waals surface area contributed by atoms with Gasteiger partial charge in [0.05, 0.1) is 0 Å². The van der Waals surface area contributed by atoms with Gasteiger partial charge >= 0.3 is 0 Å². The first-order valence-electron chi connectivity index (χ1n) is 4.32. The van der Waals surface area contributed by atoms with E-state index >= 15 is 0 Å². The van der Waals surface area contributed by atoms with Crippen LogP contribution in [0.4, 0.5) is 0 Å². The third-order valence-electron chi connectivity index (χ3n) is 2.74. The van der Waals surface area contributed by atoms with Crippen molar-refractivity contribution in [2.45, 2.75) is 30.1 Å². The largest absolute Gasteiger partial charge is 0.768 e. The Bertz CT molecular complexity index is 338. The zero-order valence-electron chi connectivity index (χ0n) is 7.45. The third kappa shape index (κ3) is 1.67. The average Bonchev–Trinajstić information content (AvgIpc) is 2.85. The van der Waals surface area contributed by atoms with Crippen molar-refractivity contribution in [2.75, 3.05) is 0 Å². The van der Waals surface area contributed by atoms with E-state index in [0.717, 1.165) is 0 Å². The molecule has 2 nitrogen and oxygen atoms in total. The highest BCUT2D eigenvalue weighted by Crippen LogP contribution is 2.47. The summed E-state index contributed by atoms with van der Waals surface area (Å²) in [5, 5.41) is 0. The van der Waals surface area contributed by atoms with E-state index < -0.39 is 11.1 Å². The smallest absolute Gasteiger partial charge is 0.0248 e. The van der Waals surface area contributed by atoms with E-state index in [2.05, 4.69) is 6.92 Å². The molecule has 0 N–H and O–H groups in total. The minimum atomic E-state index is -2.09. The van der Waals surface area contributed by atoms with E-state index in [4.69, 9.17) is 0 Å². The molecular formula is C10H11O2S-. The SMILES string of the molecule is CC1(c2ccc(S(=O)[O-])cc2)CC1. The highest BCUT2D eigenvalue weighted by Gasteiger charge is 2.38. The molecule has 1 saturated carbocycles. The summed E-state index contributed by atoms with van der Waals surface area (Å²) < 4.78 is 21.2. The summed E-state index contributed by atoms with van der Waals surface area (Å²) in [6.07, 6.45) is 2.43. The normalized spacial score (nSPS) is 21.1. The first-order valence-corrected chi connectivity index (χ1v) is 5.39. The number of hydrogen-bond donors (Lipinski definition) is 0. The summed E-state index contributed by atoms with van der Waals surface area (Å²) >= 11 is -2.09. The third-order valence-corrected chi connectivity index (χ3v) is 3.40. The highest BCUT2D eigenvalue weighted by molar-refractivity contribution is 7.79. The molecule has 13 heavy (non-hydrogen) atoms. The Hall–Kier alpha value is -0.670. The van der Waals surface area contributed by atoms with Gasteiger partial charge in [0.15, 0.2) is 0 Å². The summed E-state index contributed by atoms with van der Waals surface area (Å²) in [5.41, 5.74) is 1.57. The molecule has 1 aliphatic rings. The summed E-state index contributed by atoms with van der Waals surface area (Å²) in [6, 6.07) is 7.17. The van der Waals surface area contributed by atoms with Gasteiger partial charge < -0.3 is 4.55 Å². The Morgan fingerprint density at radius 3 is 2.23 bits per heavy atom. The quantitative estimate of drug-likeness (QED) is 0.677. The lowest BCUT2D eigenvalue weighted by atomic mass is 9.99. The van der Waals surface area contributed by atoms with Crippen LogP contribution in [0.2, 0.25) is 0 Å². The molecule has 0 heterocycles. The van der Waals surface area contributed by atoms with Crippen LogP contribution < -0.4 is 0 Å². The molecule has 0 amide bonds. The molecule has 0 spiro atoms. The van der Waals surface area contributed by atoms with Gasteiger partial charge in [-0.05, 0) is 47.0 Å². The van der Waals surface area contributed by atoms with Gasteiger partial charge in [0, 0.05) is 4.90 Å². The van der Waals surface area contributed by atoms with E-state index in [9.17, 15) is 8.76 Å². The molecule has 0 aliphatic heterocycles. The number of benzene rings is 1. The fourth-order valence-corrected chi connectivity index (χ4v) is 1.80. The molecule has 0 aromatic heterocycles. The zero-order chi connectivity index (χ0) is 9.47. The summed E-state index contributed by atoms with van der Waals surface area (Å²) in [5.74, 6) is 0. The summed E-state index contributed by atoms with van der Waals surface area (Å²) in [4.78, 5) is 0.369. The second-order valence-electron chi connectivity index (χ2n) is 3.82. The Balaban J connectivity index is 2.28. The monoisotopic (exact) mass is 195 g/mol. The average molecular weight is 195 g/mol. The van der Waals surface area contributed by atoms with Crippen LogP contribution in [-0.4, -0.2) is 8.76 Å². The Morgan fingerprint density at radius 1 is 1.31 bits per heavy atom. The van der Waals surface area contributed by atoms with Crippen molar-refractivity contribution in [1.82, 2.24) is 0 Å². The Labute approximate surface area is 80.3 Å². The molecule has 1 fully saturated rings. The van der Waals surface area contributed by atoms with Gasteiger partial charge in [-0.1, -0.05) is 19.1 Å². The van der Waals surface area contributed by atoms with Gasteiger partial charge in [-0.15, -0.1) is 0 Å². The van der Waals surface area contributed by atoms with E-state index in [-0.39, 0.29) is 0 Å².